The van der Waals surface area contributed by atoms with Crippen molar-refractivity contribution in [2.45, 2.75) is 0 Å². The van der Waals surface area contributed by atoms with E-state index < -0.39 is 4.92 Å². The zero-order valence-electron chi connectivity index (χ0n) is 4.87. The van der Waals surface area contributed by atoms with Gasteiger partial charge in [-0.3, -0.25) is 10.1 Å². The minimum absolute atomic E-state index is 0.0683. The van der Waals surface area contributed by atoms with E-state index in [-0.39, 0.29) is 5.69 Å². The lowest BCUT2D eigenvalue weighted by molar-refractivity contribution is -0.385. The number of hydrogen-bond donors (Lipinski definition) is 0. The highest BCUT2D eigenvalue weighted by Gasteiger charge is 2.07. The fourth-order valence-electron chi connectivity index (χ4n) is 0.550. The van der Waals surface area contributed by atoms with Gasteiger partial charge >= 0.3 is 0 Å². The average Bonchev–Trinajstić information content (AvgIpc) is 1.88. The van der Waals surface area contributed by atoms with Gasteiger partial charge in [0, 0.05) is 6.07 Å². The van der Waals surface area contributed by atoms with Crippen molar-refractivity contribution in [3.05, 3.63) is 38.9 Å². The van der Waals surface area contributed by atoms with Gasteiger partial charge in [0.2, 0.25) is 0 Å². The number of benzene rings is 1. The summed E-state index contributed by atoms with van der Waals surface area (Å²) in [6.45, 7) is 0. The second-order valence-corrected chi connectivity index (χ2v) is 2.49. The fraction of sp³-hybridized carbons (Fsp3) is 0. The molecule has 0 unspecified atom stereocenters. The highest BCUT2D eigenvalue weighted by Crippen LogP contribution is 2.22. The Morgan fingerprint density at radius 1 is 1.70 bits per heavy atom. The molecule has 10 heavy (non-hydrogen) atoms. The Morgan fingerprint density at radius 2 is 2.40 bits per heavy atom. The monoisotopic (exact) mass is 200 g/mol. The summed E-state index contributed by atoms with van der Waals surface area (Å²) >= 11 is 3.02. The van der Waals surface area contributed by atoms with Crippen LogP contribution in [0.3, 0.4) is 0 Å². The van der Waals surface area contributed by atoms with E-state index in [9.17, 15) is 10.1 Å². The molecule has 0 aromatic heterocycles. The largest absolute Gasteiger partial charge is 0.283 e. The van der Waals surface area contributed by atoms with Crippen LogP contribution in [0.25, 0.3) is 0 Å². The van der Waals surface area contributed by atoms with E-state index in [1.807, 2.05) is 0 Å². The molecule has 0 heterocycles. The molecule has 0 aliphatic carbocycles. The highest BCUT2D eigenvalue weighted by atomic mass is 79.9. The van der Waals surface area contributed by atoms with Crippen molar-refractivity contribution in [2.24, 2.45) is 0 Å². The molecule has 0 amide bonds. The maximum atomic E-state index is 10.2. The summed E-state index contributed by atoms with van der Waals surface area (Å²) in [7, 11) is 0. The zero-order chi connectivity index (χ0) is 7.56. The van der Waals surface area contributed by atoms with Crippen molar-refractivity contribution in [3.63, 3.8) is 0 Å². The van der Waals surface area contributed by atoms with E-state index in [0.29, 0.717) is 4.47 Å². The molecule has 1 rings (SSSR count). The number of nitro groups is 1. The first-order valence-electron chi connectivity index (χ1n) is 2.52. The van der Waals surface area contributed by atoms with Gasteiger partial charge < -0.3 is 0 Å². The molecule has 0 aliphatic rings. The highest BCUT2D eigenvalue weighted by molar-refractivity contribution is 9.10. The van der Waals surface area contributed by atoms with Crippen molar-refractivity contribution in [3.8, 4) is 0 Å². The second kappa shape index (κ2) is 2.79. The summed E-state index contributed by atoms with van der Waals surface area (Å²) in [6, 6.07) is 7.11. The van der Waals surface area contributed by atoms with Gasteiger partial charge in [0.05, 0.1) is 9.40 Å². The zero-order valence-corrected chi connectivity index (χ0v) is 6.46. The lowest BCUT2D eigenvalue weighted by Crippen LogP contribution is -1.87. The summed E-state index contributed by atoms with van der Waals surface area (Å²) < 4.78 is 0.458. The number of nitro benzene ring substituents is 1. The van der Waals surface area contributed by atoms with E-state index in [0.717, 1.165) is 0 Å². The minimum Gasteiger partial charge on any atom is -0.258 e. The Bertz CT molecular complexity index is 262. The van der Waals surface area contributed by atoms with Crippen LogP contribution in [0.1, 0.15) is 0 Å². The molecule has 3 nitrogen and oxygen atoms in total. The van der Waals surface area contributed by atoms with E-state index in [4.69, 9.17) is 0 Å². The van der Waals surface area contributed by atoms with Crippen molar-refractivity contribution >= 4 is 21.6 Å². The lowest BCUT2D eigenvalue weighted by Gasteiger charge is -1.90. The number of hydrogen-bond acceptors (Lipinski definition) is 2. The topological polar surface area (TPSA) is 43.1 Å². The third-order valence-electron chi connectivity index (χ3n) is 0.989. The first kappa shape index (κ1) is 7.21. The molecule has 1 aromatic rings. The van der Waals surface area contributed by atoms with Gasteiger partial charge in [-0.2, -0.15) is 0 Å². The summed E-state index contributed by atoms with van der Waals surface area (Å²) in [5.74, 6) is 0. The maximum Gasteiger partial charge on any atom is 0.283 e. The molecule has 0 fully saturated rings. The molecule has 0 atom stereocenters. The minimum atomic E-state index is -0.447. The second-order valence-electron chi connectivity index (χ2n) is 1.63. The Labute approximate surface area is 66.0 Å². The molecular weight excluding hydrogens is 198 g/mol. The molecule has 0 N–H and O–H groups in total. The number of rotatable bonds is 1. The van der Waals surface area contributed by atoms with E-state index >= 15 is 0 Å². The molecule has 1 aromatic carbocycles. The number of nitrogens with zero attached hydrogens (tertiary/aromatic N) is 1. The van der Waals surface area contributed by atoms with Gasteiger partial charge in [-0.1, -0.05) is 0 Å². The van der Waals surface area contributed by atoms with Gasteiger partial charge in [-0.15, -0.1) is 0 Å². The average molecular weight is 201 g/mol. The predicted octanol–water partition coefficient (Wildman–Crippen LogP) is 2.16. The summed E-state index contributed by atoms with van der Waals surface area (Å²) in [4.78, 5) is 9.74. The van der Waals surface area contributed by atoms with Crippen LogP contribution in [0.2, 0.25) is 0 Å². The Kier molecular flexibility index (Phi) is 2.01. The van der Waals surface area contributed by atoms with Gasteiger partial charge in [-0.05, 0) is 34.1 Å². The molecule has 1 radical (unpaired) electrons. The predicted molar refractivity (Wildman–Crippen MR) is 39.6 cm³/mol. The Morgan fingerprint density at radius 3 is 2.80 bits per heavy atom. The summed E-state index contributed by atoms with van der Waals surface area (Å²) in [5, 5.41) is 10.2. The van der Waals surface area contributed by atoms with Crippen LogP contribution in [0.5, 0.6) is 0 Å². The smallest absolute Gasteiger partial charge is 0.258 e. The van der Waals surface area contributed by atoms with Crippen molar-refractivity contribution < 1.29 is 4.92 Å². The Balaban J connectivity index is 3.15. The van der Waals surface area contributed by atoms with Crippen LogP contribution in [0, 0.1) is 16.2 Å². The lowest BCUT2D eigenvalue weighted by atomic mass is 10.3. The standard InChI is InChI=1S/C6H3BrNO2/c7-5-3-1-2-4-6(5)8(9)10/h2-4H. The number of halogens is 1. The van der Waals surface area contributed by atoms with E-state index in [1.165, 1.54) is 18.2 Å². The molecule has 51 valence electrons. The maximum absolute atomic E-state index is 10.2. The van der Waals surface area contributed by atoms with Crippen LogP contribution < -0.4 is 0 Å². The first-order chi connectivity index (χ1) is 4.72. The molecular formula is C6H3BrNO2. The van der Waals surface area contributed by atoms with Gasteiger partial charge in [0.25, 0.3) is 5.69 Å². The molecule has 0 bridgehead atoms. The van der Waals surface area contributed by atoms with E-state index in [2.05, 4.69) is 22.0 Å². The van der Waals surface area contributed by atoms with Crippen LogP contribution in [-0.4, -0.2) is 4.92 Å². The van der Waals surface area contributed by atoms with Gasteiger partial charge in [0.1, 0.15) is 0 Å². The molecule has 0 spiro atoms. The molecule has 0 saturated heterocycles. The third kappa shape index (κ3) is 1.33. The van der Waals surface area contributed by atoms with Crippen molar-refractivity contribution in [2.75, 3.05) is 0 Å². The SMILES string of the molecule is O=[N+]([O-])c1cc[c]cc1Br. The Hall–Kier alpha value is -0.900. The van der Waals surface area contributed by atoms with E-state index in [1.54, 1.807) is 0 Å². The van der Waals surface area contributed by atoms with Crippen LogP contribution >= 0.6 is 15.9 Å². The normalized spacial score (nSPS) is 9.30. The third-order valence-corrected chi connectivity index (χ3v) is 1.62. The van der Waals surface area contributed by atoms with Crippen LogP contribution in [-0.2, 0) is 0 Å². The van der Waals surface area contributed by atoms with Crippen LogP contribution in [0.15, 0.2) is 22.7 Å². The molecule has 4 heteroatoms. The van der Waals surface area contributed by atoms with Crippen molar-refractivity contribution in [1.82, 2.24) is 0 Å². The molecule has 0 saturated carbocycles. The van der Waals surface area contributed by atoms with Crippen LogP contribution in [0.4, 0.5) is 5.69 Å². The summed E-state index contributed by atoms with van der Waals surface area (Å²) in [5.41, 5.74) is 0.0683. The quantitative estimate of drug-likeness (QED) is 0.516. The van der Waals surface area contributed by atoms with Gasteiger partial charge in [-0.25, -0.2) is 0 Å². The first-order valence-corrected chi connectivity index (χ1v) is 3.31. The summed E-state index contributed by atoms with van der Waals surface area (Å²) in [6.07, 6.45) is 0. The fourth-order valence-corrected chi connectivity index (χ4v) is 0.959. The van der Waals surface area contributed by atoms with Crippen molar-refractivity contribution in [1.29, 1.82) is 0 Å². The van der Waals surface area contributed by atoms with Gasteiger partial charge in [0.15, 0.2) is 0 Å². The molecule has 0 aliphatic heterocycles.